The number of halogens is 1. The highest BCUT2D eigenvalue weighted by Gasteiger charge is 1.99. The maximum absolute atomic E-state index is 12.8. The normalized spacial score (nSPS) is 9.69. The molecule has 0 bridgehead atoms. The van der Waals surface area contributed by atoms with Gasteiger partial charge in [0.2, 0.25) is 0 Å². The molecule has 1 rings (SSSR count). The van der Waals surface area contributed by atoms with E-state index in [2.05, 4.69) is 5.32 Å². The van der Waals surface area contributed by atoms with E-state index in [1.165, 1.54) is 12.1 Å². The highest BCUT2D eigenvalue weighted by molar-refractivity contribution is 5.72. The third kappa shape index (κ3) is 3.11. The van der Waals surface area contributed by atoms with Crippen molar-refractivity contribution in [1.29, 1.82) is 0 Å². The number of carboxylic acids is 1. The van der Waals surface area contributed by atoms with Crippen LogP contribution in [0.4, 0.5) is 10.1 Å². The Bertz CT molecular complexity index is 305. The van der Waals surface area contributed by atoms with E-state index < -0.39 is 5.97 Å². The van der Waals surface area contributed by atoms with E-state index >= 15 is 0 Å². The summed E-state index contributed by atoms with van der Waals surface area (Å²) in [6.45, 7) is 1.54. The minimum absolute atomic E-state index is 0.205. The Labute approximate surface area is 75.2 Å². The van der Waals surface area contributed by atoms with Crippen LogP contribution in [0.5, 0.6) is 0 Å². The molecular weight excluding hydrogens is 173 g/mol. The van der Waals surface area contributed by atoms with Gasteiger partial charge in [-0.25, -0.2) is 4.39 Å². The van der Waals surface area contributed by atoms with Crippen molar-refractivity contribution in [1.82, 2.24) is 0 Å². The zero-order chi connectivity index (χ0) is 9.84. The number of nitrogens with one attached hydrogen (secondary N) is 1. The molecule has 3 nitrogen and oxygen atoms in total. The molecule has 0 heterocycles. The van der Waals surface area contributed by atoms with Gasteiger partial charge in [-0.1, -0.05) is 0 Å². The molecule has 0 saturated carbocycles. The zero-order valence-corrected chi connectivity index (χ0v) is 7.17. The van der Waals surface area contributed by atoms with Crippen LogP contribution in [0.3, 0.4) is 0 Å². The van der Waals surface area contributed by atoms with Crippen LogP contribution in [0.25, 0.3) is 0 Å². The molecule has 0 amide bonds. The molecule has 0 atom stereocenters. The van der Waals surface area contributed by atoms with Crippen molar-refractivity contribution in [3.05, 3.63) is 29.6 Å². The maximum Gasteiger partial charge on any atom is 0.322 e. The average molecular weight is 183 g/mol. The van der Waals surface area contributed by atoms with Gasteiger partial charge in [-0.15, -0.1) is 0 Å². The van der Waals surface area contributed by atoms with Crippen molar-refractivity contribution in [2.75, 3.05) is 11.9 Å². The first-order chi connectivity index (χ1) is 6.08. The number of carbonyl (C=O) groups is 1. The topological polar surface area (TPSA) is 49.3 Å². The molecule has 4 heteroatoms. The fourth-order valence-corrected chi connectivity index (χ4v) is 1.02. The van der Waals surface area contributed by atoms with Gasteiger partial charge in [0.05, 0.1) is 0 Å². The second kappa shape index (κ2) is 3.89. The fraction of sp³-hybridized carbons (Fsp3) is 0.222. The number of anilines is 1. The molecule has 1 aromatic carbocycles. The van der Waals surface area contributed by atoms with Gasteiger partial charge in [-0.3, -0.25) is 4.79 Å². The molecule has 13 heavy (non-hydrogen) atoms. The van der Waals surface area contributed by atoms with Crippen LogP contribution in [-0.4, -0.2) is 17.6 Å². The second-order valence-electron chi connectivity index (χ2n) is 2.76. The van der Waals surface area contributed by atoms with Gasteiger partial charge in [0.1, 0.15) is 12.4 Å². The lowest BCUT2D eigenvalue weighted by atomic mass is 10.2. The third-order valence-corrected chi connectivity index (χ3v) is 1.49. The molecule has 0 fully saturated rings. The number of rotatable bonds is 3. The van der Waals surface area contributed by atoms with Crippen molar-refractivity contribution in [2.45, 2.75) is 6.92 Å². The Kier molecular flexibility index (Phi) is 2.84. The largest absolute Gasteiger partial charge is 0.480 e. The third-order valence-electron chi connectivity index (χ3n) is 1.49. The molecule has 1 aromatic rings. The van der Waals surface area contributed by atoms with Gasteiger partial charge in [-0.05, 0) is 30.7 Å². The lowest BCUT2D eigenvalue weighted by Crippen LogP contribution is -2.12. The number of aryl methyl sites for hydroxylation is 1. The highest BCUT2D eigenvalue weighted by Crippen LogP contribution is 2.12. The van der Waals surface area contributed by atoms with Crippen molar-refractivity contribution >= 4 is 11.7 Å². The molecule has 0 aliphatic rings. The number of aliphatic carboxylic acids is 1. The molecule has 0 spiro atoms. The minimum Gasteiger partial charge on any atom is -0.480 e. The van der Waals surface area contributed by atoms with Crippen molar-refractivity contribution < 1.29 is 14.3 Å². The summed E-state index contributed by atoms with van der Waals surface area (Å²) in [5.74, 6) is -1.34. The molecule has 70 valence electrons. The molecule has 0 aliphatic heterocycles. The summed E-state index contributed by atoms with van der Waals surface area (Å²) in [6.07, 6.45) is 0. The lowest BCUT2D eigenvalue weighted by molar-refractivity contribution is -0.134. The summed E-state index contributed by atoms with van der Waals surface area (Å²) >= 11 is 0. The van der Waals surface area contributed by atoms with Crippen molar-refractivity contribution in [2.24, 2.45) is 0 Å². The standard InChI is InChI=1S/C9H10FNO2/c1-6-2-7(10)4-8(3-6)11-5-9(12)13/h2-4,11H,5H2,1H3,(H,12,13). The lowest BCUT2D eigenvalue weighted by Gasteiger charge is -2.04. The Morgan fingerprint density at radius 2 is 2.23 bits per heavy atom. The van der Waals surface area contributed by atoms with Crippen LogP contribution >= 0.6 is 0 Å². The van der Waals surface area contributed by atoms with Crippen LogP contribution in [0.1, 0.15) is 5.56 Å². The predicted octanol–water partition coefficient (Wildman–Crippen LogP) is 1.63. The SMILES string of the molecule is Cc1cc(F)cc(NCC(=O)O)c1. The number of hydrogen-bond acceptors (Lipinski definition) is 2. The summed E-state index contributed by atoms with van der Waals surface area (Å²) in [4.78, 5) is 10.2. The number of hydrogen-bond donors (Lipinski definition) is 2. The molecular formula is C9H10FNO2. The first-order valence-electron chi connectivity index (χ1n) is 3.81. The molecule has 0 radical (unpaired) electrons. The van der Waals surface area contributed by atoms with Crippen molar-refractivity contribution in [3.63, 3.8) is 0 Å². The van der Waals surface area contributed by atoms with Crippen LogP contribution in [0, 0.1) is 12.7 Å². The van der Waals surface area contributed by atoms with E-state index in [9.17, 15) is 9.18 Å². The second-order valence-corrected chi connectivity index (χ2v) is 2.76. The van der Waals surface area contributed by atoms with Crippen LogP contribution in [0.2, 0.25) is 0 Å². The first kappa shape index (κ1) is 9.51. The molecule has 0 saturated heterocycles. The van der Waals surface area contributed by atoms with Gasteiger partial charge < -0.3 is 10.4 Å². The predicted molar refractivity (Wildman–Crippen MR) is 47.3 cm³/mol. The van der Waals surface area contributed by atoms with E-state index in [0.29, 0.717) is 5.69 Å². The highest BCUT2D eigenvalue weighted by atomic mass is 19.1. The summed E-state index contributed by atoms with van der Waals surface area (Å²) in [5.41, 5.74) is 1.24. The van der Waals surface area contributed by atoms with Crippen molar-refractivity contribution in [3.8, 4) is 0 Å². The van der Waals surface area contributed by atoms with Gasteiger partial charge in [0.15, 0.2) is 0 Å². The van der Waals surface area contributed by atoms with Crippen LogP contribution in [-0.2, 0) is 4.79 Å². The average Bonchev–Trinajstić information content (AvgIpc) is 1.99. The van der Waals surface area contributed by atoms with Crippen LogP contribution in [0.15, 0.2) is 18.2 Å². The number of benzene rings is 1. The maximum atomic E-state index is 12.8. The van der Waals surface area contributed by atoms with Crippen LogP contribution < -0.4 is 5.32 Å². The fourth-order valence-electron chi connectivity index (χ4n) is 1.02. The minimum atomic E-state index is -0.970. The van der Waals surface area contributed by atoms with Gasteiger partial charge in [0, 0.05) is 5.69 Å². The summed E-state index contributed by atoms with van der Waals surface area (Å²) < 4.78 is 12.8. The first-order valence-corrected chi connectivity index (χ1v) is 3.81. The van der Waals surface area contributed by atoms with E-state index in [0.717, 1.165) is 5.56 Å². The van der Waals surface area contributed by atoms with E-state index in [1.54, 1.807) is 13.0 Å². The Morgan fingerprint density at radius 1 is 1.54 bits per heavy atom. The van der Waals surface area contributed by atoms with Gasteiger partial charge in [-0.2, -0.15) is 0 Å². The molecule has 0 aromatic heterocycles. The summed E-state index contributed by atoms with van der Waals surface area (Å²) in [5, 5.41) is 10.9. The Hall–Kier alpha value is -1.58. The monoisotopic (exact) mass is 183 g/mol. The Morgan fingerprint density at radius 3 is 2.77 bits per heavy atom. The Balaban J connectivity index is 2.71. The van der Waals surface area contributed by atoms with Gasteiger partial charge in [0.25, 0.3) is 0 Å². The van der Waals surface area contributed by atoms with E-state index in [4.69, 9.17) is 5.11 Å². The van der Waals surface area contributed by atoms with E-state index in [1.807, 2.05) is 0 Å². The van der Waals surface area contributed by atoms with Gasteiger partial charge >= 0.3 is 5.97 Å². The smallest absolute Gasteiger partial charge is 0.322 e. The molecule has 0 aliphatic carbocycles. The summed E-state index contributed by atoms with van der Waals surface area (Å²) in [7, 11) is 0. The summed E-state index contributed by atoms with van der Waals surface area (Å²) in [6, 6.07) is 4.33. The zero-order valence-electron chi connectivity index (χ0n) is 7.17. The molecule has 2 N–H and O–H groups in total. The van der Waals surface area contributed by atoms with E-state index in [-0.39, 0.29) is 12.4 Å². The number of carboxylic acid groups (broad SMARTS) is 1. The quantitative estimate of drug-likeness (QED) is 0.748. The molecule has 0 unspecified atom stereocenters.